The van der Waals surface area contributed by atoms with Crippen LogP contribution < -0.4 is 5.32 Å². The predicted octanol–water partition coefficient (Wildman–Crippen LogP) is 2.04. The summed E-state index contributed by atoms with van der Waals surface area (Å²) >= 11 is 1.61. The molecule has 0 radical (unpaired) electrons. The molecule has 2 aliphatic rings. The molecule has 2 amide bonds. The van der Waals surface area contributed by atoms with E-state index in [1.807, 2.05) is 37.3 Å². The minimum absolute atomic E-state index is 0.0341. The van der Waals surface area contributed by atoms with Gasteiger partial charge in [-0.3, -0.25) is 9.59 Å². The number of thioether (sulfide) groups is 1. The highest BCUT2D eigenvalue weighted by Crippen LogP contribution is 2.54. The number of fused-ring (bicyclic) bond motifs is 1. The van der Waals surface area contributed by atoms with E-state index in [9.17, 15) is 14.4 Å². The topological polar surface area (TPSA) is 75.7 Å². The van der Waals surface area contributed by atoms with E-state index in [1.54, 1.807) is 16.7 Å². The van der Waals surface area contributed by atoms with Crippen LogP contribution in [-0.2, 0) is 24.0 Å². The zero-order valence-corrected chi connectivity index (χ0v) is 15.7. The van der Waals surface area contributed by atoms with Crippen LogP contribution in [0.1, 0.15) is 38.2 Å². The lowest BCUT2D eigenvalue weighted by atomic mass is 10.0. The molecule has 3 rings (SSSR count). The number of esters is 1. The lowest BCUT2D eigenvalue weighted by Crippen LogP contribution is -2.47. The average Bonchev–Trinajstić information content (AvgIpc) is 3.20. The fraction of sp³-hybridized carbons (Fsp3) is 0.526. The van der Waals surface area contributed by atoms with Gasteiger partial charge in [0.2, 0.25) is 5.91 Å². The second-order valence-electron chi connectivity index (χ2n) is 6.55. The van der Waals surface area contributed by atoms with E-state index in [-0.39, 0.29) is 18.4 Å². The van der Waals surface area contributed by atoms with Gasteiger partial charge in [-0.2, -0.15) is 0 Å². The Kier molecular flexibility index (Phi) is 5.86. The molecule has 140 valence electrons. The molecule has 7 heteroatoms. The number of nitrogens with zero attached hydrogens (tertiary/aromatic N) is 1. The fourth-order valence-corrected chi connectivity index (χ4v) is 5.14. The molecule has 6 nitrogen and oxygen atoms in total. The van der Waals surface area contributed by atoms with Crippen LogP contribution in [0, 0.1) is 0 Å². The number of unbranched alkanes of at least 4 members (excludes halogenated alkanes) is 1. The molecule has 0 spiro atoms. The molecule has 2 aliphatic heterocycles. The van der Waals surface area contributed by atoms with Gasteiger partial charge in [0.25, 0.3) is 5.91 Å². The third-order valence-electron chi connectivity index (χ3n) is 4.82. The lowest BCUT2D eigenvalue weighted by molar-refractivity contribution is -0.156. The largest absolute Gasteiger partial charge is 0.454 e. The molecule has 0 aliphatic carbocycles. The molecular weight excluding hydrogens is 352 g/mol. The van der Waals surface area contributed by atoms with E-state index in [1.165, 1.54) is 0 Å². The molecule has 0 aromatic heterocycles. The number of ether oxygens (including phenoxy) is 1. The second kappa shape index (κ2) is 8.12. The molecule has 26 heavy (non-hydrogen) atoms. The Morgan fingerprint density at radius 1 is 1.35 bits per heavy atom. The number of carbonyl (C=O) groups excluding carboxylic acids is 3. The van der Waals surface area contributed by atoms with Crippen molar-refractivity contribution in [1.29, 1.82) is 0 Å². The third kappa shape index (κ3) is 3.58. The van der Waals surface area contributed by atoms with Crippen LogP contribution in [0.2, 0.25) is 0 Å². The van der Waals surface area contributed by atoms with Gasteiger partial charge in [0, 0.05) is 18.7 Å². The number of amides is 2. The van der Waals surface area contributed by atoms with Crippen LogP contribution in [0.15, 0.2) is 30.3 Å². The summed E-state index contributed by atoms with van der Waals surface area (Å²) in [5, 5.41) is 2.72. The molecule has 0 unspecified atom stereocenters. The van der Waals surface area contributed by atoms with Crippen molar-refractivity contribution < 1.29 is 19.1 Å². The molecule has 0 saturated carbocycles. The van der Waals surface area contributed by atoms with Gasteiger partial charge in [-0.15, -0.1) is 11.8 Å². The molecule has 1 N–H and O–H groups in total. The van der Waals surface area contributed by atoms with Gasteiger partial charge < -0.3 is 15.0 Å². The van der Waals surface area contributed by atoms with Crippen molar-refractivity contribution in [3.05, 3.63) is 35.9 Å². The number of nitrogens with one attached hydrogen (secondary N) is 1. The molecule has 2 saturated heterocycles. The predicted molar refractivity (Wildman–Crippen MR) is 99.3 cm³/mol. The van der Waals surface area contributed by atoms with Crippen molar-refractivity contribution in [3.8, 4) is 0 Å². The summed E-state index contributed by atoms with van der Waals surface area (Å²) in [4.78, 5) is 37.9. The van der Waals surface area contributed by atoms with E-state index in [4.69, 9.17) is 4.74 Å². The van der Waals surface area contributed by atoms with Crippen LogP contribution in [-0.4, -0.2) is 47.6 Å². The van der Waals surface area contributed by atoms with E-state index < -0.39 is 16.9 Å². The first-order valence-electron chi connectivity index (χ1n) is 9.03. The van der Waals surface area contributed by atoms with Crippen LogP contribution in [0.25, 0.3) is 0 Å². The fourth-order valence-electron chi connectivity index (χ4n) is 3.50. The van der Waals surface area contributed by atoms with Crippen LogP contribution in [0.3, 0.4) is 0 Å². The quantitative estimate of drug-likeness (QED) is 0.582. The Morgan fingerprint density at radius 3 is 2.85 bits per heavy atom. The van der Waals surface area contributed by atoms with Crippen molar-refractivity contribution in [2.24, 2.45) is 0 Å². The Morgan fingerprint density at radius 2 is 2.12 bits per heavy atom. The summed E-state index contributed by atoms with van der Waals surface area (Å²) in [6.07, 6.45) is 2.98. The first kappa shape index (κ1) is 18.8. The summed E-state index contributed by atoms with van der Waals surface area (Å²) in [6, 6.07) is 9.17. The highest BCUT2D eigenvalue weighted by Gasteiger charge is 2.57. The zero-order chi connectivity index (χ0) is 18.6. The van der Waals surface area contributed by atoms with Gasteiger partial charge in [0.05, 0.1) is 0 Å². The Balaban J connectivity index is 1.65. The van der Waals surface area contributed by atoms with Gasteiger partial charge >= 0.3 is 5.97 Å². The van der Waals surface area contributed by atoms with E-state index in [0.29, 0.717) is 25.1 Å². The summed E-state index contributed by atoms with van der Waals surface area (Å²) in [6.45, 7) is 2.31. The van der Waals surface area contributed by atoms with Crippen LogP contribution >= 0.6 is 11.8 Å². The van der Waals surface area contributed by atoms with Crippen LogP contribution in [0.4, 0.5) is 0 Å². The Bertz CT molecular complexity index is 681. The third-order valence-corrected chi connectivity index (χ3v) is 6.42. The molecule has 1 aromatic carbocycles. The normalized spacial score (nSPS) is 24.4. The number of benzene rings is 1. The molecule has 2 fully saturated rings. The van der Waals surface area contributed by atoms with E-state index in [0.717, 1.165) is 18.4 Å². The van der Waals surface area contributed by atoms with Gasteiger partial charge in [-0.25, -0.2) is 4.79 Å². The van der Waals surface area contributed by atoms with Gasteiger partial charge in [0.15, 0.2) is 6.61 Å². The smallest absolute Gasteiger partial charge is 0.330 e. The van der Waals surface area contributed by atoms with Gasteiger partial charge in [0.1, 0.15) is 10.9 Å². The minimum Gasteiger partial charge on any atom is -0.454 e. The highest BCUT2D eigenvalue weighted by atomic mass is 32.2. The minimum atomic E-state index is -0.640. The second-order valence-corrected chi connectivity index (χ2v) is 7.85. The SMILES string of the molecule is CCCCNC(=O)COC(=O)[C@@H]1CS[C@]2(c3ccccc3)CCC(=O)N12. The molecular formula is C19H24N2O4S. The monoisotopic (exact) mass is 376 g/mol. The molecule has 2 atom stereocenters. The number of hydrogen-bond acceptors (Lipinski definition) is 5. The summed E-state index contributed by atoms with van der Waals surface area (Å²) in [5.74, 6) is -0.361. The summed E-state index contributed by atoms with van der Waals surface area (Å²) in [7, 11) is 0. The molecule has 0 bridgehead atoms. The summed E-state index contributed by atoms with van der Waals surface area (Å²) < 4.78 is 5.20. The number of rotatable bonds is 7. The van der Waals surface area contributed by atoms with Crippen LogP contribution in [0.5, 0.6) is 0 Å². The average molecular weight is 376 g/mol. The number of hydrogen-bond donors (Lipinski definition) is 1. The zero-order valence-electron chi connectivity index (χ0n) is 14.9. The first-order valence-corrected chi connectivity index (χ1v) is 10.0. The molecule has 1 aromatic rings. The van der Waals surface area contributed by atoms with Crippen molar-refractivity contribution in [3.63, 3.8) is 0 Å². The van der Waals surface area contributed by atoms with Crippen molar-refractivity contribution in [1.82, 2.24) is 10.2 Å². The van der Waals surface area contributed by atoms with Crippen molar-refractivity contribution in [2.45, 2.75) is 43.5 Å². The Hall–Kier alpha value is -2.02. The van der Waals surface area contributed by atoms with Gasteiger partial charge in [-0.1, -0.05) is 43.7 Å². The molecule has 2 heterocycles. The maximum atomic E-state index is 12.5. The first-order chi connectivity index (χ1) is 12.6. The maximum absolute atomic E-state index is 12.5. The van der Waals surface area contributed by atoms with E-state index in [2.05, 4.69) is 5.32 Å². The Labute approximate surface area is 157 Å². The standard InChI is InChI=1S/C19H24N2O4S/c1-2-3-11-20-16(22)12-25-18(24)15-13-26-19(10-9-17(23)21(15)19)14-7-5-4-6-8-14/h4-8,15H,2-3,9-13H2,1H3,(H,20,22)/t15-,19-/m0/s1. The van der Waals surface area contributed by atoms with Crippen molar-refractivity contribution >= 4 is 29.5 Å². The lowest BCUT2D eigenvalue weighted by Gasteiger charge is -2.33. The van der Waals surface area contributed by atoms with Crippen molar-refractivity contribution in [2.75, 3.05) is 18.9 Å². The highest BCUT2D eigenvalue weighted by molar-refractivity contribution is 8.00. The number of carbonyl (C=O) groups is 3. The maximum Gasteiger partial charge on any atom is 0.330 e. The summed E-state index contributed by atoms with van der Waals surface area (Å²) in [5.41, 5.74) is 1.03. The van der Waals surface area contributed by atoms with Gasteiger partial charge in [-0.05, 0) is 18.4 Å². The van der Waals surface area contributed by atoms with E-state index >= 15 is 0 Å².